The second-order valence-electron chi connectivity index (χ2n) is 3.44. The van der Waals surface area contributed by atoms with Crippen LogP contribution >= 0.6 is 39.1 Å². The molecular weight excluding hydrogens is 327 g/mol. The van der Waals surface area contributed by atoms with Crippen molar-refractivity contribution < 1.29 is 0 Å². The first-order chi connectivity index (χ1) is 7.99. The molecule has 3 nitrogen and oxygen atoms in total. The first kappa shape index (κ1) is 12.6. The number of aromatic nitrogens is 2. The van der Waals surface area contributed by atoms with Gasteiger partial charge in [-0.25, -0.2) is 4.98 Å². The van der Waals surface area contributed by atoms with E-state index in [1.807, 2.05) is 0 Å². The van der Waals surface area contributed by atoms with E-state index in [0.29, 0.717) is 31.6 Å². The first-order valence-corrected chi connectivity index (χ1v) is 6.26. The fraction of sp³-hybridized carbons (Fsp3) is 0.0909. The largest absolute Gasteiger partial charge is 0.306 e. The van der Waals surface area contributed by atoms with Gasteiger partial charge in [0.25, 0.3) is 5.56 Å². The van der Waals surface area contributed by atoms with Crippen molar-refractivity contribution in [3.8, 4) is 11.4 Å². The lowest BCUT2D eigenvalue weighted by Gasteiger charge is -2.04. The number of hydrogen-bond donors (Lipinski definition) is 1. The Bertz CT molecular complexity index is 640. The third-order valence-corrected chi connectivity index (χ3v) is 3.89. The highest BCUT2D eigenvalue weighted by molar-refractivity contribution is 9.10. The van der Waals surface area contributed by atoms with Crippen LogP contribution in [0.15, 0.2) is 27.5 Å². The summed E-state index contributed by atoms with van der Waals surface area (Å²) in [6, 6.07) is 5.08. The zero-order valence-electron chi connectivity index (χ0n) is 8.72. The highest BCUT2D eigenvalue weighted by Gasteiger charge is 2.08. The molecule has 0 bridgehead atoms. The summed E-state index contributed by atoms with van der Waals surface area (Å²) < 4.78 is 0.432. The van der Waals surface area contributed by atoms with Crippen molar-refractivity contribution in [1.82, 2.24) is 9.97 Å². The lowest BCUT2D eigenvalue weighted by atomic mass is 10.2. The molecule has 1 N–H and O–H groups in total. The summed E-state index contributed by atoms with van der Waals surface area (Å²) in [6.07, 6.45) is 0. The molecule has 1 aromatic carbocycles. The number of rotatable bonds is 1. The molecule has 0 fully saturated rings. The molecule has 0 aliphatic carbocycles. The van der Waals surface area contributed by atoms with Crippen molar-refractivity contribution in [2.75, 3.05) is 0 Å². The first-order valence-electron chi connectivity index (χ1n) is 4.71. The normalized spacial score (nSPS) is 10.6. The van der Waals surface area contributed by atoms with Gasteiger partial charge in [-0.3, -0.25) is 4.79 Å². The summed E-state index contributed by atoms with van der Waals surface area (Å²) in [7, 11) is 0. The smallest absolute Gasteiger partial charge is 0.265 e. The Balaban J connectivity index is 2.61. The van der Waals surface area contributed by atoms with Crippen molar-refractivity contribution in [3.63, 3.8) is 0 Å². The Morgan fingerprint density at radius 3 is 2.59 bits per heavy atom. The Morgan fingerprint density at radius 2 is 2.00 bits per heavy atom. The Hall–Kier alpha value is -0.840. The molecule has 0 aliphatic rings. The maximum Gasteiger partial charge on any atom is 0.265 e. The van der Waals surface area contributed by atoms with Crippen LogP contribution < -0.4 is 5.56 Å². The van der Waals surface area contributed by atoms with Gasteiger partial charge in [0.2, 0.25) is 0 Å². The van der Waals surface area contributed by atoms with E-state index in [2.05, 4.69) is 25.9 Å². The van der Waals surface area contributed by atoms with E-state index in [4.69, 9.17) is 23.2 Å². The molecule has 0 aliphatic heterocycles. The molecule has 0 amide bonds. The predicted molar refractivity (Wildman–Crippen MR) is 72.8 cm³/mol. The Kier molecular flexibility index (Phi) is 3.56. The summed E-state index contributed by atoms with van der Waals surface area (Å²) in [6.45, 7) is 1.75. The molecule has 0 saturated heterocycles. The Morgan fingerprint density at radius 1 is 1.29 bits per heavy atom. The number of benzene rings is 1. The summed E-state index contributed by atoms with van der Waals surface area (Å²) in [4.78, 5) is 18.5. The van der Waals surface area contributed by atoms with Crippen LogP contribution in [0, 0.1) is 6.92 Å². The number of nitrogens with zero attached hydrogens (tertiary/aromatic N) is 1. The van der Waals surface area contributed by atoms with Gasteiger partial charge in [0, 0.05) is 5.56 Å². The minimum atomic E-state index is -0.224. The van der Waals surface area contributed by atoms with Crippen molar-refractivity contribution >= 4 is 39.1 Å². The monoisotopic (exact) mass is 332 g/mol. The minimum absolute atomic E-state index is 0.224. The Labute approximate surface area is 116 Å². The van der Waals surface area contributed by atoms with E-state index < -0.39 is 0 Å². The molecular formula is C11H7BrCl2N2O. The quantitative estimate of drug-likeness (QED) is 0.862. The van der Waals surface area contributed by atoms with E-state index in [0.717, 1.165) is 0 Å². The lowest BCUT2D eigenvalue weighted by Crippen LogP contribution is -2.11. The molecule has 0 radical (unpaired) electrons. The van der Waals surface area contributed by atoms with Crippen LogP contribution in [0.25, 0.3) is 11.4 Å². The lowest BCUT2D eigenvalue weighted by molar-refractivity contribution is 1.05. The van der Waals surface area contributed by atoms with E-state index in [9.17, 15) is 4.79 Å². The predicted octanol–water partition coefficient (Wildman–Crippen LogP) is 3.81. The topological polar surface area (TPSA) is 45.8 Å². The molecule has 0 unspecified atom stereocenters. The van der Waals surface area contributed by atoms with Gasteiger partial charge in [0.15, 0.2) is 0 Å². The molecule has 0 spiro atoms. The molecule has 1 aromatic heterocycles. The van der Waals surface area contributed by atoms with Crippen molar-refractivity contribution in [1.29, 1.82) is 0 Å². The van der Waals surface area contributed by atoms with E-state index >= 15 is 0 Å². The van der Waals surface area contributed by atoms with Crippen LogP contribution in [0.4, 0.5) is 0 Å². The number of halogens is 3. The maximum atomic E-state index is 11.6. The molecule has 2 rings (SSSR count). The standard InChI is InChI=1S/C11H7BrCl2N2O/c1-5-9(12)11(17)16-10(15-5)6-2-3-7(13)8(14)4-6/h2-4H,1H3,(H,15,16,17). The van der Waals surface area contributed by atoms with Gasteiger partial charge in [-0.2, -0.15) is 0 Å². The molecule has 6 heteroatoms. The minimum Gasteiger partial charge on any atom is -0.306 e. The zero-order chi connectivity index (χ0) is 12.6. The maximum absolute atomic E-state index is 11.6. The number of hydrogen-bond acceptors (Lipinski definition) is 2. The summed E-state index contributed by atoms with van der Waals surface area (Å²) in [5, 5.41) is 0.888. The van der Waals surface area contributed by atoms with Crippen LogP contribution in [-0.4, -0.2) is 9.97 Å². The highest BCUT2D eigenvalue weighted by atomic mass is 79.9. The van der Waals surface area contributed by atoms with E-state index in [1.54, 1.807) is 25.1 Å². The zero-order valence-corrected chi connectivity index (χ0v) is 11.8. The molecule has 0 atom stereocenters. The molecule has 17 heavy (non-hydrogen) atoms. The van der Waals surface area contributed by atoms with Crippen molar-refractivity contribution in [3.05, 3.63) is 48.8 Å². The van der Waals surface area contributed by atoms with Gasteiger partial charge < -0.3 is 4.98 Å². The van der Waals surface area contributed by atoms with Crippen molar-refractivity contribution in [2.45, 2.75) is 6.92 Å². The molecule has 1 heterocycles. The summed E-state index contributed by atoms with van der Waals surface area (Å²) >= 11 is 14.9. The second-order valence-corrected chi connectivity index (χ2v) is 5.05. The van der Waals surface area contributed by atoms with Gasteiger partial charge >= 0.3 is 0 Å². The molecule has 2 aromatic rings. The third-order valence-electron chi connectivity index (χ3n) is 2.22. The van der Waals surface area contributed by atoms with Crippen molar-refractivity contribution in [2.24, 2.45) is 0 Å². The van der Waals surface area contributed by atoms with Gasteiger partial charge in [-0.05, 0) is 41.1 Å². The van der Waals surface area contributed by atoms with Gasteiger partial charge in [-0.15, -0.1) is 0 Å². The second kappa shape index (κ2) is 4.80. The number of H-pyrrole nitrogens is 1. The summed E-state index contributed by atoms with van der Waals surface area (Å²) in [5.74, 6) is 0.467. The molecule has 88 valence electrons. The fourth-order valence-electron chi connectivity index (χ4n) is 1.35. The number of aryl methyl sites for hydroxylation is 1. The third kappa shape index (κ3) is 2.54. The van der Waals surface area contributed by atoms with Crippen LogP contribution in [0.1, 0.15) is 5.69 Å². The van der Waals surface area contributed by atoms with E-state index in [-0.39, 0.29) is 5.56 Å². The average Bonchev–Trinajstić information content (AvgIpc) is 2.29. The van der Waals surface area contributed by atoms with Gasteiger partial charge in [-0.1, -0.05) is 23.2 Å². The SMILES string of the molecule is Cc1nc(-c2ccc(Cl)c(Cl)c2)[nH]c(=O)c1Br. The summed E-state index contributed by atoms with van der Waals surface area (Å²) in [5.41, 5.74) is 1.11. The average molecular weight is 334 g/mol. The van der Waals surface area contributed by atoms with Crippen LogP contribution in [-0.2, 0) is 0 Å². The molecule has 0 saturated carbocycles. The van der Waals surface area contributed by atoms with Crippen LogP contribution in [0.2, 0.25) is 10.0 Å². The van der Waals surface area contributed by atoms with Gasteiger partial charge in [0.05, 0.1) is 15.7 Å². The van der Waals surface area contributed by atoms with Crippen LogP contribution in [0.3, 0.4) is 0 Å². The van der Waals surface area contributed by atoms with Crippen LogP contribution in [0.5, 0.6) is 0 Å². The fourth-order valence-corrected chi connectivity index (χ4v) is 1.84. The van der Waals surface area contributed by atoms with Gasteiger partial charge in [0.1, 0.15) is 10.3 Å². The number of nitrogens with one attached hydrogen (secondary N) is 1. The highest BCUT2D eigenvalue weighted by Crippen LogP contribution is 2.26. The number of aromatic amines is 1. The van der Waals surface area contributed by atoms with E-state index in [1.165, 1.54) is 0 Å².